The van der Waals surface area contributed by atoms with Crippen LogP contribution in [0.25, 0.3) is 0 Å². The van der Waals surface area contributed by atoms with E-state index in [0.29, 0.717) is 5.92 Å². The van der Waals surface area contributed by atoms with Gasteiger partial charge in [-0.1, -0.05) is 6.42 Å². The largest absolute Gasteiger partial charge is 0.492 e. The van der Waals surface area contributed by atoms with Gasteiger partial charge in [-0.25, -0.2) is 0 Å². The molecular weight excluding hydrogens is 264 g/mol. The second-order valence-corrected chi connectivity index (χ2v) is 6.87. The summed E-state index contributed by atoms with van der Waals surface area (Å²) in [6.45, 7) is 5.12. The maximum atomic E-state index is 6.10. The number of aromatic nitrogens is 1. The van der Waals surface area contributed by atoms with E-state index in [4.69, 9.17) is 9.47 Å². The summed E-state index contributed by atoms with van der Waals surface area (Å²) in [5.74, 6) is 2.34. The lowest BCUT2D eigenvalue weighted by Gasteiger charge is -2.51. The van der Waals surface area contributed by atoms with Crippen molar-refractivity contribution in [2.45, 2.75) is 31.3 Å². The number of rotatable bonds is 5. The molecule has 1 saturated carbocycles. The zero-order valence-electron chi connectivity index (χ0n) is 12.5. The van der Waals surface area contributed by atoms with Gasteiger partial charge in [0.2, 0.25) is 0 Å². The van der Waals surface area contributed by atoms with Crippen LogP contribution in [0, 0.1) is 11.8 Å². The van der Waals surface area contributed by atoms with Crippen molar-refractivity contribution in [2.24, 2.45) is 11.8 Å². The van der Waals surface area contributed by atoms with Crippen molar-refractivity contribution in [2.75, 3.05) is 32.8 Å². The minimum Gasteiger partial charge on any atom is -0.492 e. The molecule has 3 heterocycles. The number of pyridine rings is 1. The van der Waals surface area contributed by atoms with Crippen molar-refractivity contribution in [1.82, 2.24) is 9.88 Å². The first-order chi connectivity index (χ1) is 10.3. The van der Waals surface area contributed by atoms with Crippen molar-refractivity contribution in [3.05, 3.63) is 24.5 Å². The summed E-state index contributed by atoms with van der Waals surface area (Å²) in [7, 11) is 0. The molecular formula is C17H24N2O2. The third kappa shape index (κ3) is 2.67. The van der Waals surface area contributed by atoms with Crippen LogP contribution in [0.15, 0.2) is 24.5 Å². The standard InChI is InChI=1S/C17H24N2O2/c1-3-14(4-1)10-19-12-17(13-19)15(6-8-21-17)11-20-16-5-2-7-18-9-16/h2,5,7,9,14-15H,1,3-4,6,8,10-13H2/t15-/m0/s1. The first kappa shape index (κ1) is 13.5. The second kappa shape index (κ2) is 5.58. The molecule has 1 spiro atoms. The first-order valence-electron chi connectivity index (χ1n) is 8.23. The monoisotopic (exact) mass is 288 g/mol. The molecule has 2 aliphatic heterocycles. The predicted molar refractivity (Wildman–Crippen MR) is 80.3 cm³/mol. The third-order valence-electron chi connectivity index (χ3n) is 5.41. The summed E-state index contributed by atoms with van der Waals surface area (Å²) in [5.41, 5.74) is 0.0754. The summed E-state index contributed by atoms with van der Waals surface area (Å²) < 4.78 is 12.0. The molecule has 21 heavy (non-hydrogen) atoms. The molecule has 0 bridgehead atoms. The van der Waals surface area contributed by atoms with Gasteiger partial charge in [0, 0.05) is 38.4 Å². The molecule has 114 valence electrons. The zero-order chi connectivity index (χ0) is 14.1. The quantitative estimate of drug-likeness (QED) is 0.833. The molecule has 4 rings (SSSR count). The first-order valence-corrected chi connectivity index (χ1v) is 8.23. The molecule has 4 nitrogen and oxygen atoms in total. The molecule has 0 aromatic carbocycles. The number of nitrogens with zero attached hydrogens (tertiary/aromatic N) is 2. The number of hydrogen-bond donors (Lipinski definition) is 0. The van der Waals surface area contributed by atoms with Crippen LogP contribution in [0.2, 0.25) is 0 Å². The fraction of sp³-hybridized carbons (Fsp3) is 0.706. The van der Waals surface area contributed by atoms with E-state index >= 15 is 0 Å². The molecule has 0 amide bonds. The van der Waals surface area contributed by atoms with Gasteiger partial charge in [-0.05, 0) is 37.3 Å². The van der Waals surface area contributed by atoms with Crippen molar-refractivity contribution < 1.29 is 9.47 Å². The van der Waals surface area contributed by atoms with Gasteiger partial charge in [-0.15, -0.1) is 0 Å². The number of hydrogen-bond acceptors (Lipinski definition) is 4. The molecule has 0 unspecified atom stereocenters. The predicted octanol–water partition coefficient (Wildman–Crippen LogP) is 2.35. The summed E-state index contributed by atoms with van der Waals surface area (Å²) in [5, 5.41) is 0. The Bertz CT molecular complexity index is 469. The molecule has 4 heteroatoms. The van der Waals surface area contributed by atoms with E-state index in [2.05, 4.69) is 9.88 Å². The van der Waals surface area contributed by atoms with Crippen LogP contribution in [-0.2, 0) is 4.74 Å². The molecule has 1 atom stereocenters. The molecule has 1 aliphatic carbocycles. The highest BCUT2D eigenvalue weighted by atomic mass is 16.5. The number of ether oxygens (including phenoxy) is 2. The molecule has 1 aromatic heterocycles. The summed E-state index contributed by atoms with van der Waals surface area (Å²) >= 11 is 0. The second-order valence-electron chi connectivity index (χ2n) is 6.87. The van der Waals surface area contributed by atoms with Gasteiger partial charge in [-0.2, -0.15) is 0 Å². The van der Waals surface area contributed by atoms with Gasteiger partial charge >= 0.3 is 0 Å². The average Bonchev–Trinajstić information content (AvgIpc) is 2.84. The Morgan fingerprint density at radius 3 is 2.95 bits per heavy atom. The van der Waals surface area contributed by atoms with E-state index in [-0.39, 0.29) is 5.60 Å². The van der Waals surface area contributed by atoms with Crippen molar-refractivity contribution in [3.8, 4) is 5.75 Å². The van der Waals surface area contributed by atoms with E-state index in [1.54, 1.807) is 12.4 Å². The lowest BCUT2D eigenvalue weighted by molar-refractivity contribution is -0.143. The van der Waals surface area contributed by atoms with Crippen molar-refractivity contribution >= 4 is 0 Å². The van der Waals surface area contributed by atoms with E-state index < -0.39 is 0 Å². The van der Waals surface area contributed by atoms with Crippen molar-refractivity contribution in [3.63, 3.8) is 0 Å². The van der Waals surface area contributed by atoms with Gasteiger partial charge in [-0.3, -0.25) is 9.88 Å². The minimum absolute atomic E-state index is 0.0754. The average molecular weight is 288 g/mol. The SMILES string of the molecule is c1cncc(OC[C@@H]2CCOC23CN(CC2CCC2)C3)c1. The van der Waals surface area contributed by atoms with Crippen LogP contribution in [0.4, 0.5) is 0 Å². The van der Waals surface area contributed by atoms with Crippen LogP contribution in [0.1, 0.15) is 25.7 Å². The smallest absolute Gasteiger partial charge is 0.137 e. The fourth-order valence-corrected chi connectivity index (χ4v) is 3.88. The maximum Gasteiger partial charge on any atom is 0.137 e. The highest BCUT2D eigenvalue weighted by Crippen LogP contribution is 2.41. The topological polar surface area (TPSA) is 34.6 Å². The Balaban J connectivity index is 1.29. The van der Waals surface area contributed by atoms with Gasteiger partial charge in [0.05, 0.1) is 18.4 Å². The van der Waals surface area contributed by atoms with Gasteiger partial charge in [0.25, 0.3) is 0 Å². The van der Waals surface area contributed by atoms with Crippen molar-refractivity contribution in [1.29, 1.82) is 0 Å². The van der Waals surface area contributed by atoms with Crippen LogP contribution < -0.4 is 4.74 Å². The molecule has 0 N–H and O–H groups in total. The molecule has 2 saturated heterocycles. The third-order valence-corrected chi connectivity index (χ3v) is 5.41. The van der Waals surface area contributed by atoms with Crippen LogP contribution in [0.5, 0.6) is 5.75 Å². The highest BCUT2D eigenvalue weighted by molar-refractivity contribution is 5.16. The Labute approximate surface area is 126 Å². The van der Waals surface area contributed by atoms with Crippen LogP contribution in [0.3, 0.4) is 0 Å². The molecule has 3 fully saturated rings. The lowest BCUT2D eigenvalue weighted by atomic mass is 9.78. The Hall–Kier alpha value is -1.13. The van der Waals surface area contributed by atoms with Crippen LogP contribution in [-0.4, -0.2) is 48.3 Å². The maximum absolute atomic E-state index is 6.10. The fourth-order valence-electron chi connectivity index (χ4n) is 3.88. The van der Waals surface area contributed by atoms with E-state index in [1.165, 1.54) is 25.8 Å². The summed E-state index contributed by atoms with van der Waals surface area (Å²) in [6, 6.07) is 3.89. The lowest BCUT2D eigenvalue weighted by Crippen LogP contribution is -2.66. The molecule has 3 aliphatic rings. The van der Waals surface area contributed by atoms with E-state index in [9.17, 15) is 0 Å². The van der Waals surface area contributed by atoms with Crippen LogP contribution >= 0.6 is 0 Å². The molecule has 1 aromatic rings. The van der Waals surface area contributed by atoms with E-state index in [0.717, 1.165) is 44.4 Å². The summed E-state index contributed by atoms with van der Waals surface area (Å²) in [4.78, 5) is 6.67. The van der Waals surface area contributed by atoms with E-state index in [1.807, 2.05) is 12.1 Å². The minimum atomic E-state index is 0.0754. The summed E-state index contributed by atoms with van der Waals surface area (Å²) in [6.07, 6.45) is 8.97. The van der Waals surface area contributed by atoms with Gasteiger partial charge in [0.1, 0.15) is 5.75 Å². The number of likely N-dealkylation sites (tertiary alicyclic amines) is 1. The Kier molecular flexibility index (Phi) is 3.59. The zero-order valence-corrected chi connectivity index (χ0v) is 12.5. The molecule has 0 radical (unpaired) electrons. The Morgan fingerprint density at radius 2 is 2.24 bits per heavy atom. The van der Waals surface area contributed by atoms with Gasteiger partial charge in [0.15, 0.2) is 0 Å². The highest BCUT2D eigenvalue weighted by Gasteiger charge is 2.53. The Morgan fingerprint density at radius 1 is 1.33 bits per heavy atom. The van der Waals surface area contributed by atoms with Gasteiger partial charge < -0.3 is 9.47 Å². The normalized spacial score (nSPS) is 28.3.